The first-order chi connectivity index (χ1) is 11.5. The highest BCUT2D eigenvalue weighted by molar-refractivity contribution is 5.30. The van der Waals surface area contributed by atoms with Crippen LogP contribution in [0.5, 0.6) is 5.75 Å². The fourth-order valence-electron chi connectivity index (χ4n) is 2.96. The molecule has 1 atom stereocenters. The van der Waals surface area contributed by atoms with Crippen LogP contribution in [0.25, 0.3) is 0 Å². The second-order valence-corrected chi connectivity index (χ2v) is 5.98. The molecule has 0 saturated carbocycles. The number of aliphatic hydroxyl groups excluding tert-OH is 2. The van der Waals surface area contributed by atoms with Gasteiger partial charge in [0.25, 0.3) is 0 Å². The van der Waals surface area contributed by atoms with Gasteiger partial charge in [-0.3, -0.25) is 9.58 Å². The van der Waals surface area contributed by atoms with E-state index in [2.05, 4.69) is 10.00 Å². The van der Waals surface area contributed by atoms with E-state index in [1.807, 2.05) is 49.8 Å². The van der Waals surface area contributed by atoms with Gasteiger partial charge in [0.2, 0.25) is 0 Å². The van der Waals surface area contributed by atoms with Gasteiger partial charge in [-0.25, -0.2) is 0 Å². The summed E-state index contributed by atoms with van der Waals surface area (Å²) in [7, 11) is 3.63. The van der Waals surface area contributed by atoms with Gasteiger partial charge in [0.05, 0.1) is 38.6 Å². The Labute approximate surface area is 143 Å². The van der Waals surface area contributed by atoms with E-state index in [0.29, 0.717) is 13.1 Å². The molecule has 0 saturated heterocycles. The van der Waals surface area contributed by atoms with Gasteiger partial charge in [-0.1, -0.05) is 12.1 Å². The molecule has 6 nitrogen and oxygen atoms in total. The molecule has 0 aliphatic rings. The molecule has 132 valence electrons. The number of methoxy groups -OCH3 is 1. The van der Waals surface area contributed by atoms with Crippen molar-refractivity contribution in [2.24, 2.45) is 0 Å². The lowest BCUT2D eigenvalue weighted by Crippen LogP contribution is -2.27. The summed E-state index contributed by atoms with van der Waals surface area (Å²) in [5, 5.41) is 23.5. The molecule has 0 spiro atoms. The summed E-state index contributed by atoms with van der Waals surface area (Å²) < 4.78 is 7.02. The molecule has 0 aliphatic heterocycles. The van der Waals surface area contributed by atoms with Crippen LogP contribution in [0.2, 0.25) is 0 Å². The number of nitrogens with zero attached hydrogens (tertiary/aromatic N) is 3. The van der Waals surface area contributed by atoms with E-state index in [1.54, 1.807) is 7.11 Å². The third-order valence-electron chi connectivity index (χ3n) is 4.46. The summed E-state index contributed by atoms with van der Waals surface area (Å²) >= 11 is 0. The first-order valence-corrected chi connectivity index (χ1v) is 8.10. The Morgan fingerprint density at radius 3 is 2.42 bits per heavy atom. The number of rotatable bonds is 8. The molecule has 6 heteroatoms. The van der Waals surface area contributed by atoms with Crippen molar-refractivity contribution in [3.8, 4) is 5.75 Å². The molecule has 1 unspecified atom stereocenters. The van der Waals surface area contributed by atoms with Gasteiger partial charge in [0.1, 0.15) is 5.75 Å². The Morgan fingerprint density at radius 1 is 1.21 bits per heavy atom. The van der Waals surface area contributed by atoms with Gasteiger partial charge < -0.3 is 14.9 Å². The predicted molar refractivity (Wildman–Crippen MR) is 93.1 cm³/mol. The van der Waals surface area contributed by atoms with Gasteiger partial charge in [0, 0.05) is 17.8 Å². The first kappa shape index (κ1) is 18.4. The minimum atomic E-state index is -0.101. The molecule has 0 amide bonds. The molecule has 2 N–H and O–H groups in total. The molecule has 2 aromatic rings. The van der Waals surface area contributed by atoms with Crippen LogP contribution in [-0.2, 0) is 13.1 Å². The highest BCUT2D eigenvalue weighted by atomic mass is 16.5. The number of hydrogen-bond acceptors (Lipinski definition) is 5. The zero-order valence-corrected chi connectivity index (χ0v) is 14.9. The van der Waals surface area contributed by atoms with Crippen molar-refractivity contribution in [2.45, 2.75) is 33.0 Å². The highest BCUT2D eigenvalue weighted by Crippen LogP contribution is 2.25. The average Bonchev–Trinajstić information content (AvgIpc) is 2.84. The van der Waals surface area contributed by atoms with Gasteiger partial charge in [-0.15, -0.1) is 0 Å². The number of benzene rings is 1. The van der Waals surface area contributed by atoms with E-state index in [9.17, 15) is 5.11 Å². The van der Waals surface area contributed by atoms with E-state index in [1.165, 1.54) is 0 Å². The maximum atomic E-state index is 9.86. The molecule has 0 fully saturated rings. The van der Waals surface area contributed by atoms with Crippen molar-refractivity contribution in [1.29, 1.82) is 0 Å². The van der Waals surface area contributed by atoms with Crippen LogP contribution in [0.4, 0.5) is 0 Å². The van der Waals surface area contributed by atoms with E-state index in [-0.39, 0.29) is 19.3 Å². The summed E-state index contributed by atoms with van der Waals surface area (Å²) in [6.45, 7) is 5.28. The van der Waals surface area contributed by atoms with Crippen molar-refractivity contribution in [3.63, 3.8) is 0 Å². The minimum Gasteiger partial charge on any atom is -0.497 e. The summed E-state index contributed by atoms with van der Waals surface area (Å²) in [6.07, 6.45) is 0. The molecule has 1 heterocycles. The van der Waals surface area contributed by atoms with Crippen LogP contribution in [0.15, 0.2) is 24.3 Å². The summed E-state index contributed by atoms with van der Waals surface area (Å²) in [5.41, 5.74) is 4.19. The standard InChI is InChI=1S/C18H27N3O3/c1-13-17(14(2)21(19-13)9-10-22)11-20(3)18(12-23)15-5-7-16(24-4)8-6-15/h5-8,18,22-23H,9-12H2,1-4H3. The first-order valence-electron chi connectivity index (χ1n) is 8.10. The molecule has 2 rings (SSSR count). The second-order valence-electron chi connectivity index (χ2n) is 5.98. The third kappa shape index (κ3) is 3.95. The molecular formula is C18H27N3O3. The van der Waals surface area contributed by atoms with Crippen molar-refractivity contribution in [1.82, 2.24) is 14.7 Å². The quantitative estimate of drug-likeness (QED) is 0.769. The fraction of sp³-hybridized carbons (Fsp3) is 0.500. The van der Waals surface area contributed by atoms with E-state index in [0.717, 1.165) is 28.3 Å². The Hall–Kier alpha value is -1.89. The molecule has 0 bridgehead atoms. The van der Waals surface area contributed by atoms with Gasteiger partial charge in [-0.2, -0.15) is 5.10 Å². The number of aryl methyl sites for hydroxylation is 1. The zero-order chi connectivity index (χ0) is 17.7. The Kier molecular flexibility index (Phi) is 6.36. The highest BCUT2D eigenvalue weighted by Gasteiger charge is 2.20. The molecule has 24 heavy (non-hydrogen) atoms. The normalized spacial score (nSPS) is 12.6. The lowest BCUT2D eigenvalue weighted by atomic mass is 10.0. The lowest BCUT2D eigenvalue weighted by molar-refractivity contribution is 0.142. The molecule has 0 radical (unpaired) electrons. The maximum Gasteiger partial charge on any atom is 0.118 e. The van der Waals surface area contributed by atoms with E-state index in [4.69, 9.17) is 9.84 Å². The van der Waals surface area contributed by atoms with Crippen LogP contribution in [0.3, 0.4) is 0 Å². The summed E-state index contributed by atoms with van der Waals surface area (Å²) in [4.78, 5) is 2.11. The Balaban J connectivity index is 2.18. The van der Waals surface area contributed by atoms with E-state index >= 15 is 0 Å². The van der Waals surface area contributed by atoms with Crippen molar-refractivity contribution in [2.75, 3.05) is 27.4 Å². The number of aliphatic hydroxyl groups is 2. The Morgan fingerprint density at radius 2 is 1.88 bits per heavy atom. The number of likely N-dealkylation sites (N-methyl/N-ethyl adjacent to an activating group) is 1. The number of aromatic nitrogens is 2. The average molecular weight is 333 g/mol. The third-order valence-corrected chi connectivity index (χ3v) is 4.46. The lowest BCUT2D eigenvalue weighted by Gasteiger charge is -2.27. The molecule has 1 aromatic heterocycles. The molecule has 1 aromatic carbocycles. The topological polar surface area (TPSA) is 70.8 Å². The van der Waals surface area contributed by atoms with E-state index < -0.39 is 0 Å². The largest absolute Gasteiger partial charge is 0.497 e. The van der Waals surface area contributed by atoms with Gasteiger partial charge >= 0.3 is 0 Å². The predicted octanol–water partition coefficient (Wildman–Crippen LogP) is 1.67. The van der Waals surface area contributed by atoms with Crippen LogP contribution >= 0.6 is 0 Å². The van der Waals surface area contributed by atoms with Gasteiger partial charge in [0.15, 0.2) is 0 Å². The monoisotopic (exact) mass is 333 g/mol. The SMILES string of the molecule is COc1ccc(C(CO)N(C)Cc2c(C)nn(CCO)c2C)cc1. The van der Waals surface area contributed by atoms with Gasteiger partial charge in [-0.05, 0) is 38.6 Å². The summed E-state index contributed by atoms with van der Waals surface area (Å²) in [6, 6.07) is 7.66. The van der Waals surface area contributed by atoms with Crippen LogP contribution in [0.1, 0.15) is 28.6 Å². The van der Waals surface area contributed by atoms with Crippen molar-refractivity contribution in [3.05, 3.63) is 46.8 Å². The second kappa shape index (κ2) is 8.28. The molecular weight excluding hydrogens is 306 g/mol. The Bertz CT molecular complexity index is 652. The number of ether oxygens (including phenoxy) is 1. The maximum absolute atomic E-state index is 9.86. The molecule has 0 aliphatic carbocycles. The summed E-state index contributed by atoms with van der Waals surface area (Å²) in [5.74, 6) is 0.801. The fourth-order valence-corrected chi connectivity index (χ4v) is 2.96. The minimum absolute atomic E-state index is 0.0334. The number of hydrogen-bond donors (Lipinski definition) is 2. The van der Waals surface area contributed by atoms with Crippen molar-refractivity contribution >= 4 is 0 Å². The van der Waals surface area contributed by atoms with Crippen LogP contribution < -0.4 is 4.74 Å². The van der Waals surface area contributed by atoms with Crippen LogP contribution in [0, 0.1) is 13.8 Å². The zero-order valence-electron chi connectivity index (χ0n) is 14.9. The van der Waals surface area contributed by atoms with Crippen molar-refractivity contribution < 1.29 is 14.9 Å². The van der Waals surface area contributed by atoms with Crippen LogP contribution in [-0.4, -0.2) is 52.3 Å². The smallest absolute Gasteiger partial charge is 0.118 e.